The van der Waals surface area contributed by atoms with Crippen molar-refractivity contribution in [2.75, 3.05) is 6.61 Å². The van der Waals surface area contributed by atoms with E-state index in [4.69, 9.17) is 0 Å². The van der Waals surface area contributed by atoms with Crippen LogP contribution >= 0.6 is 0 Å². The number of hydrogen-bond acceptors (Lipinski definition) is 3. The monoisotopic (exact) mass is 412 g/mol. The van der Waals surface area contributed by atoms with E-state index in [1.165, 1.54) is 51.4 Å². The lowest BCUT2D eigenvalue weighted by molar-refractivity contribution is 0.298. The Hall–Kier alpha value is -0.910. The van der Waals surface area contributed by atoms with Gasteiger partial charge in [-0.15, -0.1) is 0 Å². The molecule has 1 aromatic carbocycles. The van der Waals surface area contributed by atoms with Crippen LogP contribution in [0.2, 0.25) is 0 Å². The third kappa shape index (κ3) is 7.49. The molecule has 4 nitrogen and oxygen atoms in total. The molecule has 0 atom stereocenters. The summed E-state index contributed by atoms with van der Waals surface area (Å²) in [6.07, 6.45) is 13.2. The Bertz CT molecular complexity index is 708. The maximum Gasteiger partial charge on any atom is 0.295 e. The van der Waals surface area contributed by atoms with E-state index < -0.39 is 10.1 Å². The Labute approximate surface area is 172 Å². The van der Waals surface area contributed by atoms with E-state index in [1.54, 1.807) is 0 Å². The molecule has 1 aromatic rings. The molecule has 0 aliphatic heterocycles. The van der Waals surface area contributed by atoms with Gasteiger partial charge in [-0.3, -0.25) is 4.55 Å². The third-order valence-electron chi connectivity index (χ3n) is 5.98. The van der Waals surface area contributed by atoms with Crippen LogP contribution in [0.1, 0.15) is 98.9 Å². The second-order valence-corrected chi connectivity index (χ2v) is 9.40. The van der Waals surface area contributed by atoms with Crippen LogP contribution in [-0.4, -0.2) is 24.7 Å². The van der Waals surface area contributed by atoms with E-state index in [2.05, 4.69) is 6.92 Å². The fourth-order valence-electron chi connectivity index (χ4n) is 4.07. The van der Waals surface area contributed by atoms with Crippen molar-refractivity contribution in [3.8, 4) is 0 Å². The molecule has 0 aliphatic carbocycles. The molecule has 0 spiro atoms. The van der Waals surface area contributed by atoms with Crippen molar-refractivity contribution in [3.05, 3.63) is 27.8 Å². The van der Waals surface area contributed by atoms with E-state index in [-0.39, 0.29) is 17.9 Å². The molecule has 5 heteroatoms. The summed E-state index contributed by atoms with van der Waals surface area (Å²) in [6.45, 7) is 7.89. The predicted octanol–water partition coefficient (Wildman–Crippen LogP) is 5.86. The van der Waals surface area contributed by atoms with Gasteiger partial charge < -0.3 is 5.11 Å². The third-order valence-corrected chi connectivity index (χ3v) is 6.99. The second kappa shape index (κ2) is 12.6. The first-order valence-corrected chi connectivity index (χ1v) is 12.4. The molecule has 0 unspecified atom stereocenters. The molecule has 28 heavy (non-hydrogen) atoms. The zero-order valence-corrected chi connectivity index (χ0v) is 19.1. The van der Waals surface area contributed by atoms with E-state index in [9.17, 15) is 18.1 Å². The molecular weight excluding hydrogens is 372 g/mol. The molecule has 0 radical (unpaired) electrons. The number of aliphatic hydroxyl groups excluding tert-OH is 1. The average Bonchev–Trinajstić information content (AvgIpc) is 2.63. The van der Waals surface area contributed by atoms with Gasteiger partial charge >= 0.3 is 0 Å². The molecule has 0 aromatic heterocycles. The Morgan fingerprint density at radius 3 is 1.54 bits per heavy atom. The van der Waals surface area contributed by atoms with Crippen LogP contribution in [0, 0.1) is 20.8 Å². The van der Waals surface area contributed by atoms with Gasteiger partial charge in [-0.1, -0.05) is 64.7 Å². The minimum absolute atomic E-state index is 0.0399. The van der Waals surface area contributed by atoms with Gasteiger partial charge in [0, 0.05) is 6.61 Å². The zero-order chi connectivity index (χ0) is 21.2. The quantitative estimate of drug-likeness (QED) is 0.296. The van der Waals surface area contributed by atoms with Crippen molar-refractivity contribution in [1.82, 2.24) is 0 Å². The Morgan fingerprint density at radius 1 is 0.679 bits per heavy atom. The van der Waals surface area contributed by atoms with Crippen molar-refractivity contribution < 1.29 is 18.1 Å². The number of unbranched alkanes of at least 4 members (excludes halogenated alkanes) is 9. The van der Waals surface area contributed by atoms with Crippen LogP contribution in [0.25, 0.3) is 0 Å². The summed E-state index contributed by atoms with van der Waals surface area (Å²) in [4.78, 5) is 0.0399. The minimum Gasteiger partial charge on any atom is -0.396 e. The highest BCUT2D eigenvalue weighted by Crippen LogP contribution is 2.32. The lowest BCUT2D eigenvalue weighted by atomic mass is 9.90. The summed E-state index contributed by atoms with van der Waals surface area (Å²) in [5.41, 5.74) is 4.15. The number of rotatable bonds is 14. The van der Waals surface area contributed by atoms with Gasteiger partial charge in [-0.2, -0.15) is 8.42 Å². The summed E-state index contributed by atoms with van der Waals surface area (Å²) in [6, 6.07) is 0. The van der Waals surface area contributed by atoms with Crippen LogP contribution in [0.3, 0.4) is 0 Å². The van der Waals surface area contributed by atoms with Crippen molar-refractivity contribution in [2.24, 2.45) is 0 Å². The predicted molar refractivity (Wildman–Crippen MR) is 117 cm³/mol. The first kappa shape index (κ1) is 25.1. The maximum atomic E-state index is 12.1. The fourth-order valence-corrected chi connectivity index (χ4v) is 5.20. The Balaban J connectivity index is 2.72. The topological polar surface area (TPSA) is 74.6 Å². The van der Waals surface area contributed by atoms with E-state index >= 15 is 0 Å². The SMILES string of the molecule is CCCCCCCCCCCCc1c(C)c(C)c(C)c(CCO)c1S(=O)(=O)O. The average molecular weight is 413 g/mol. The maximum absolute atomic E-state index is 12.1. The van der Waals surface area contributed by atoms with Crippen LogP contribution in [0.15, 0.2) is 4.90 Å². The highest BCUT2D eigenvalue weighted by atomic mass is 32.2. The van der Waals surface area contributed by atoms with Gasteiger partial charge in [-0.25, -0.2) is 0 Å². The summed E-state index contributed by atoms with van der Waals surface area (Å²) in [5, 5.41) is 9.37. The summed E-state index contributed by atoms with van der Waals surface area (Å²) < 4.78 is 34.1. The number of aliphatic hydroxyl groups is 1. The zero-order valence-electron chi connectivity index (χ0n) is 18.3. The van der Waals surface area contributed by atoms with E-state index in [1.807, 2.05) is 20.8 Å². The van der Waals surface area contributed by atoms with Gasteiger partial charge in [0.2, 0.25) is 0 Å². The summed E-state index contributed by atoms with van der Waals surface area (Å²) in [7, 11) is -4.32. The van der Waals surface area contributed by atoms with Crippen molar-refractivity contribution in [2.45, 2.75) is 110 Å². The lowest BCUT2D eigenvalue weighted by Gasteiger charge is -2.21. The first-order chi connectivity index (χ1) is 13.3. The van der Waals surface area contributed by atoms with Crippen LogP contribution < -0.4 is 0 Å². The van der Waals surface area contributed by atoms with Gasteiger partial charge in [-0.05, 0) is 67.9 Å². The molecule has 0 saturated carbocycles. The highest BCUT2D eigenvalue weighted by Gasteiger charge is 2.25. The van der Waals surface area contributed by atoms with Crippen molar-refractivity contribution in [3.63, 3.8) is 0 Å². The molecular formula is C23H40O4S. The van der Waals surface area contributed by atoms with Gasteiger partial charge in [0.25, 0.3) is 10.1 Å². The molecule has 0 amide bonds. The first-order valence-electron chi connectivity index (χ1n) is 11.0. The Morgan fingerprint density at radius 2 is 1.11 bits per heavy atom. The van der Waals surface area contributed by atoms with Crippen molar-refractivity contribution >= 4 is 10.1 Å². The van der Waals surface area contributed by atoms with E-state index in [0.29, 0.717) is 12.0 Å². The molecule has 162 valence electrons. The standard InChI is InChI=1S/C23H40O4S/c1-5-6-7-8-9-10-11-12-13-14-15-21-19(3)18(2)20(4)22(16-17-24)23(21)28(25,26)27/h24H,5-17H2,1-4H3,(H,25,26,27). The highest BCUT2D eigenvalue weighted by molar-refractivity contribution is 7.86. The largest absolute Gasteiger partial charge is 0.396 e. The normalized spacial score (nSPS) is 11.9. The lowest BCUT2D eigenvalue weighted by Crippen LogP contribution is -2.14. The molecule has 2 N–H and O–H groups in total. The van der Waals surface area contributed by atoms with Gasteiger partial charge in [0.1, 0.15) is 4.90 Å². The molecule has 1 rings (SSSR count). The molecule has 0 bridgehead atoms. The number of hydrogen-bond donors (Lipinski definition) is 2. The van der Waals surface area contributed by atoms with Crippen LogP contribution in [0.5, 0.6) is 0 Å². The Kier molecular flexibility index (Phi) is 11.3. The second-order valence-electron chi connectivity index (χ2n) is 8.04. The van der Waals surface area contributed by atoms with E-state index in [0.717, 1.165) is 35.1 Å². The molecule has 0 fully saturated rings. The summed E-state index contributed by atoms with van der Waals surface area (Å²) >= 11 is 0. The van der Waals surface area contributed by atoms with Crippen LogP contribution in [-0.2, 0) is 23.0 Å². The fraction of sp³-hybridized carbons (Fsp3) is 0.739. The molecule has 0 saturated heterocycles. The van der Waals surface area contributed by atoms with Gasteiger partial charge in [0.15, 0.2) is 0 Å². The molecule has 0 heterocycles. The van der Waals surface area contributed by atoms with Crippen molar-refractivity contribution in [1.29, 1.82) is 0 Å². The minimum atomic E-state index is -4.32. The van der Waals surface area contributed by atoms with Gasteiger partial charge in [0.05, 0.1) is 0 Å². The smallest absolute Gasteiger partial charge is 0.295 e. The molecule has 0 aliphatic rings. The summed E-state index contributed by atoms with van der Waals surface area (Å²) in [5.74, 6) is 0. The number of benzene rings is 1. The van der Waals surface area contributed by atoms with Crippen LogP contribution in [0.4, 0.5) is 0 Å².